The van der Waals surface area contributed by atoms with E-state index in [-0.39, 0.29) is 0 Å². The molecule has 0 saturated carbocycles. The minimum atomic E-state index is 0.383. The van der Waals surface area contributed by atoms with Gasteiger partial charge >= 0.3 is 0 Å². The topological polar surface area (TPSA) is 46.1 Å². The van der Waals surface area contributed by atoms with Crippen LogP contribution in [0.15, 0.2) is 12.4 Å². The van der Waals surface area contributed by atoms with Crippen LogP contribution in [0.25, 0.3) is 0 Å². The second kappa shape index (κ2) is 3.80. The van der Waals surface area contributed by atoms with Crippen LogP contribution in [0.5, 0.6) is 0 Å². The molecule has 0 bridgehead atoms. The van der Waals surface area contributed by atoms with Crippen LogP contribution in [0.4, 0.5) is 5.95 Å². The molecule has 1 aromatic rings. The molecule has 0 aliphatic carbocycles. The number of aldehydes is 1. The molecule has 1 rings (SSSR count). The molecular formula is C8H11N3O. The van der Waals surface area contributed by atoms with Crippen molar-refractivity contribution in [1.82, 2.24) is 9.97 Å². The lowest BCUT2D eigenvalue weighted by Crippen LogP contribution is -2.12. The maximum Gasteiger partial charge on any atom is 0.224 e. The Hall–Kier alpha value is -1.45. The SMILES string of the molecule is CN(C)c1ncc(CC=O)cn1. The van der Waals surface area contributed by atoms with Gasteiger partial charge in [0.25, 0.3) is 0 Å². The molecule has 0 fully saturated rings. The summed E-state index contributed by atoms with van der Waals surface area (Å²) >= 11 is 0. The van der Waals surface area contributed by atoms with Gasteiger partial charge in [0.15, 0.2) is 0 Å². The third kappa shape index (κ3) is 2.02. The van der Waals surface area contributed by atoms with E-state index in [1.54, 1.807) is 12.4 Å². The van der Waals surface area contributed by atoms with E-state index in [1.165, 1.54) is 0 Å². The van der Waals surface area contributed by atoms with Crippen LogP contribution in [-0.2, 0) is 11.2 Å². The van der Waals surface area contributed by atoms with Crippen LogP contribution >= 0.6 is 0 Å². The quantitative estimate of drug-likeness (QED) is 0.604. The minimum Gasteiger partial charge on any atom is -0.347 e. The van der Waals surface area contributed by atoms with E-state index in [1.807, 2.05) is 19.0 Å². The van der Waals surface area contributed by atoms with Crippen LogP contribution in [-0.4, -0.2) is 30.3 Å². The van der Waals surface area contributed by atoms with E-state index in [9.17, 15) is 4.79 Å². The Bertz CT molecular complexity index is 256. The van der Waals surface area contributed by atoms with Crippen molar-refractivity contribution in [2.75, 3.05) is 19.0 Å². The highest BCUT2D eigenvalue weighted by Gasteiger charge is 1.97. The summed E-state index contributed by atoms with van der Waals surface area (Å²) in [6.45, 7) is 0. The largest absolute Gasteiger partial charge is 0.347 e. The van der Waals surface area contributed by atoms with Crippen molar-refractivity contribution in [3.05, 3.63) is 18.0 Å². The summed E-state index contributed by atoms with van der Waals surface area (Å²) in [4.78, 5) is 20.0. The fourth-order valence-electron chi connectivity index (χ4n) is 0.781. The van der Waals surface area contributed by atoms with E-state index >= 15 is 0 Å². The molecule has 1 aromatic heterocycles. The van der Waals surface area contributed by atoms with Crippen molar-refractivity contribution in [2.24, 2.45) is 0 Å². The molecule has 0 unspecified atom stereocenters. The number of hydrogen-bond donors (Lipinski definition) is 0. The zero-order chi connectivity index (χ0) is 8.97. The third-order valence-electron chi connectivity index (χ3n) is 1.41. The van der Waals surface area contributed by atoms with E-state index in [0.29, 0.717) is 12.4 Å². The maximum absolute atomic E-state index is 10.1. The zero-order valence-corrected chi connectivity index (χ0v) is 7.19. The molecule has 4 heteroatoms. The Kier molecular flexibility index (Phi) is 2.74. The van der Waals surface area contributed by atoms with Gasteiger partial charge in [-0.25, -0.2) is 9.97 Å². The molecule has 1 heterocycles. The predicted molar refractivity (Wildman–Crippen MR) is 46.1 cm³/mol. The smallest absolute Gasteiger partial charge is 0.224 e. The van der Waals surface area contributed by atoms with Gasteiger partial charge in [0, 0.05) is 32.9 Å². The number of aromatic nitrogens is 2. The monoisotopic (exact) mass is 165 g/mol. The second-order valence-electron chi connectivity index (χ2n) is 2.66. The van der Waals surface area contributed by atoms with Gasteiger partial charge in [-0.1, -0.05) is 0 Å². The van der Waals surface area contributed by atoms with Gasteiger partial charge in [-0.05, 0) is 5.56 Å². The van der Waals surface area contributed by atoms with Crippen LogP contribution in [0.1, 0.15) is 5.56 Å². The zero-order valence-electron chi connectivity index (χ0n) is 7.19. The van der Waals surface area contributed by atoms with Crippen molar-refractivity contribution in [1.29, 1.82) is 0 Å². The normalized spacial score (nSPS) is 9.50. The third-order valence-corrected chi connectivity index (χ3v) is 1.41. The number of carbonyl (C=O) groups is 1. The van der Waals surface area contributed by atoms with Gasteiger partial charge in [0.05, 0.1) is 0 Å². The molecule has 0 aliphatic rings. The average molecular weight is 165 g/mol. The van der Waals surface area contributed by atoms with Gasteiger partial charge in [0.1, 0.15) is 6.29 Å². The summed E-state index contributed by atoms with van der Waals surface area (Å²) in [6.07, 6.45) is 4.55. The van der Waals surface area contributed by atoms with Crippen molar-refractivity contribution in [3.8, 4) is 0 Å². The molecular weight excluding hydrogens is 154 g/mol. The summed E-state index contributed by atoms with van der Waals surface area (Å²) < 4.78 is 0. The fraction of sp³-hybridized carbons (Fsp3) is 0.375. The molecule has 0 aliphatic heterocycles. The van der Waals surface area contributed by atoms with Gasteiger partial charge in [-0.2, -0.15) is 0 Å². The van der Waals surface area contributed by atoms with Crippen molar-refractivity contribution in [3.63, 3.8) is 0 Å². The van der Waals surface area contributed by atoms with Gasteiger partial charge < -0.3 is 9.69 Å². The summed E-state index contributed by atoms with van der Waals surface area (Å²) in [7, 11) is 3.74. The predicted octanol–water partition coefficient (Wildman–Crippen LogP) is 0.284. The van der Waals surface area contributed by atoms with Crippen molar-refractivity contribution >= 4 is 12.2 Å². The first-order valence-corrected chi connectivity index (χ1v) is 3.66. The lowest BCUT2D eigenvalue weighted by atomic mass is 10.3. The van der Waals surface area contributed by atoms with Crippen LogP contribution < -0.4 is 4.90 Å². The number of hydrogen-bond acceptors (Lipinski definition) is 4. The summed E-state index contributed by atoms with van der Waals surface area (Å²) in [5.41, 5.74) is 0.843. The van der Waals surface area contributed by atoms with Gasteiger partial charge in [-0.15, -0.1) is 0 Å². The fourth-order valence-corrected chi connectivity index (χ4v) is 0.781. The number of anilines is 1. The average Bonchev–Trinajstić information content (AvgIpc) is 2.06. The van der Waals surface area contributed by atoms with E-state index in [0.717, 1.165) is 11.8 Å². The summed E-state index contributed by atoms with van der Waals surface area (Å²) in [6, 6.07) is 0. The maximum atomic E-state index is 10.1. The first-order valence-electron chi connectivity index (χ1n) is 3.66. The Morgan fingerprint density at radius 3 is 2.42 bits per heavy atom. The Morgan fingerprint density at radius 2 is 2.00 bits per heavy atom. The van der Waals surface area contributed by atoms with Crippen LogP contribution in [0, 0.1) is 0 Å². The van der Waals surface area contributed by atoms with Gasteiger partial charge in [0.2, 0.25) is 5.95 Å². The molecule has 4 nitrogen and oxygen atoms in total. The van der Waals surface area contributed by atoms with Crippen molar-refractivity contribution in [2.45, 2.75) is 6.42 Å². The first-order chi connectivity index (χ1) is 5.74. The van der Waals surface area contributed by atoms with E-state index < -0.39 is 0 Å². The molecule has 0 radical (unpaired) electrons. The summed E-state index contributed by atoms with van der Waals surface area (Å²) in [5, 5.41) is 0. The second-order valence-corrected chi connectivity index (χ2v) is 2.66. The highest BCUT2D eigenvalue weighted by Crippen LogP contribution is 2.02. The molecule has 0 atom stereocenters. The Morgan fingerprint density at radius 1 is 1.42 bits per heavy atom. The Labute approximate surface area is 71.3 Å². The highest BCUT2D eigenvalue weighted by atomic mass is 16.1. The molecule has 0 spiro atoms. The number of nitrogens with zero attached hydrogens (tertiary/aromatic N) is 3. The first kappa shape index (κ1) is 8.64. The molecule has 0 aromatic carbocycles. The van der Waals surface area contributed by atoms with E-state index in [2.05, 4.69) is 9.97 Å². The summed E-state index contributed by atoms with van der Waals surface area (Å²) in [5.74, 6) is 0.657. The van der Waals surface area contributed by atoms with Gasteiger partial charge in [-0.3, -0.25) is 0 Å². The molecule has 0 N–H and O–H groups in total. The van der Waals surface area contributed by atoms with Crippen LogP contribution in [0.2, 0.25) is 0 Å². The van der Waals surface area contributed by atoms with Crippen molar-refractivity contribution < 1.29 is 4.79 Å². The number of rotatable bonds is 3. The lowest BCUT2D eigenvalue weighted by molar-refractivity contribution is -0.107. The Balaban J connectivity index is 2.78. The molecule has 0 saturated heterocycles. The molecule has 0 amide bonds. The number of carbonyl (C=O) groups excluding carboxylic acids is 1. The van der Waals surface area contributed by atoms with Crippen LogP contribution in [0.3, 0.4) is 0 Å². The highest BCUT2D eigenvalue weighted by molar-refractivity contribution is 5.54. The minimum absolute atomic E-state index is 0.383. The standard InChI is InChI=1S/C8H11N3O/c1-11(2)8-9-5-7(3-4-12)6-10-8/h4-6H,3H2,1-2H3. The molecule has 64 valence electrons. The molecule has 12 heavy (non-hydrogen) atoms. The van der Waals surface area contributed by atoms with E-state index in [4.69, 9.17) is 0 Å². The lowest BCUT2D eigenvalue weighted by Gasteiger charge is -2.08.